The number of nitrogens with one attached hydrogen (secondary N) is 1. The van der Waals surface area contributed by atoms with Gasteiger partial charge in [0, 0.05) is 11.5 Å². The van der Waals surface area contributed by atoms with Crippen LogP contribution in [0.2, 0.25) is 0 Å². The van der Waals surface area contributed by atoms with E-state index in [9.17, 15) is 4.39 Å². The molecule has 0 unspecified atom stereocenters. The zero-order chi connectivity index (χ0) is 12.3. The van der Waals surface area contributed by atoms with Crippen molar-refractivity contribution >= 4 is 21.9 Å². The third-order valence-electron chi connectivity index (χ3n) is 1.96. The molecule has 0 aliphatic carbocycles. The predicted molar refractivity (Wildman–Crippen MR) is 65.8 cm³/mol. The van der Waals surface area contributed by atoms with E-state index >= 15 is 0 Å². The molecule has 4 nitrogen and oxygen atoms in total. The second-order valence-electron chi connectivity index (χ2n) is 3.15. The average Bonchev–Trinajstić information content (AvgIpc) is 2.35. The molecule has 1 heterocycles. The zero-order valence-electron chi connectivity index (χ0n) is 8.95. The standard InChI is InChI=1S/C11H9BrFN3O/c1-14-11-15-6-9(13)10(16-11)17-8-4-2-7(12)3-5-8/h2-6H,1H3,(H,14,15,16). The van der Waals surface area contributed by atoms with Gasteiger partial charge in [-0.3, -0.25) is 0 Å². The molecule has 88 valence electrons. The molecule has 0 saturated heterocycles. The van der Waals surface area contributed by atoms with Crippen LogP contribution in [0.1, 0.15) is 0 Å². The van der Waals surface area contributed by atoms with Crippen LogP contribution in [0.25, 0.3) is 0 Å². The molecule has 0 atom stereocenters. The number of benzene rings is 1. The van der Waals surface area contributed by atoms with Crippen molar-refractivity contribution in [1.82, 2.24) is 9.97 Å². The number of hydrogen-bond acceptors (Lipinski definition) is 4. The van der Waals surface area contributed by atoms with Crippen molar-refractivity contribution in [2.75, 3.05) is 12.4 Å². The number of halogens is 2. The van der Waals surface area contributed by atoms with Crippen LogP contribution in [0.5, 0.6) is 11.6 Å². The normalized spacial score (nSPS) is 10.1. The highest BCUT2D eigenvalue weighted by molar-refractivity contribution is 9.10. The van der Waals surface area contributed by atoms with E-state index in [1.807, 2.05) is 0 Å². The Balaban J connectivity index is 2.25. The molecule has 0 aliphatic rings. The number of ether oxygens (including phenoxy) is 1. The van der Waals surface area contributed by atoms with Crippen molar-refractivity contribution < 1.29 is 9.13 Å². The number of rotatable bonds is 3. The van der Waals surface area contributed by atoms with Crippen LogP contribution in [-0.4, -0.2) is 17.0 Å². The smallest absolute Gasteiger partial charge is 0.260 e. The van der Waals surface area contributed by atoms with Gasteiger partial charge in [0.15, 0.2) is 0 Å². The van der Waals surface area contributed by atoms with Crippen molar-refractivity contribution in [2.45, 2.75) is 0 Å². The third kappa shape index (κ3) is 2.91. The van der Waals surface area contributed by atoms with Gasteiger partial charge in [-0.05, 0) is 24.3 Å². The molecule has 0 spiro atoms. The summed E-state index contributed by atoms with van der Waals surface area (Å²) in [6.45, 7) is 0. The van der Waals surface area contributed by atoms with E-state index in [-0.39, 0.29) is 5.88 Å². The summed E-state index contributed by atoms with van der Waals surface area (Å²) in [7, 11) is 1.65. The Bertz CT molecular complexity index is 519. The molecule has 17 heavy (non-hydrogen) atoms. The molecule has 0 amide bonds. The lowest BCUT2D eigenvalue weighted by Gasteiger charge is -2.06. The lowest BCUT2D eigenvalue weighted by Crippen LogP contribution is -2.00. The maximum Gasteiger partial charge on any atom is 0.260 e. The summed E-state index contributed by atoms with van der Waals surface area (Å²) < 4.78 is 19.6. The van der Waals surface area contributed by atoms with Crippen LogP contribution in [0.4, 0.5) is 10.3 Å². The van der Waals surface area contributed by atoms with E-state index < -0.39 is 5.82 Å². The summed E-state index contributed by atoms with van der Waals surface area (Å²) in [6.07, 6.45) is 1.06. The van der Waals surface area contributed by atoms with Gasteiger partial charge in [0.05, 0.1) is 6.20 Å². The molecule has 0 aliphatic heterocycles. The van der Waals surface area contributed by atoms with Gasteiger partial charge in [-0.15, -0.1) is 0 Å². The van der Waals surface area contributed by atoms with Crippen LogP contribution in [0, 0.1) is 5.82 Å². The summed E-state index contributed by atoms with van der Waals surface area (Å²) in [6, 6.07) is 7.02. The largest absolute Gasteiger partial charge is 0.436 e. The summed E-state index contributed by atoms with van der Waals surface area (Å²) in [4.78, 5) is 7.61. The molecule has 2 aromatic rings. The fourth-order valence-corrected chi connectivity index (χ4v) is 1.42. The topological polar surface area (TPSA) is 47.0 Å². The molecule has 0 fully saturated rings. The first-order valence-corrected chi connectivity index (χ1v) is 5.62. The van der Waals surface area contributed by atoms with Crippen LogP contribution in [0.3, 0.4) is 0 Å². The Hall–Kier alpha value is -1.69. The Kier molecular flexibility index (Phi) is 3.53. The number of anilines is 1. The number of nitrogens with zero attached hydrogens (tertiary/aromatic N) is 2. The van der Waals surface area contributed by atoms with Gasteiger partial charge in [-0.2, -0.15) is 9.37 Å². The summed E-state index contributed by atoms with van der Waals surface area (Å²) in [5.74, 6) is 0.102. The van der Waals surface area contributed by atoms with Crippen molar-refractivity contribution in [1.29, 1.82) is 0 Å². The van der Waals surface area contributed by atoms with Crippen LogP contribution < -0.4 is 10.1 Å². The van der Waals surface area contributed by atoms with Gasteiger partial charge in [0.25, 0.3) is 5.88 Å². The van der Waals surface area contributed by atoms with Crippen molar-refractivity contribution in [3.8, 4) is 11.6 Å². The predicted octanol–water partition coefficient (Wildman–Crippen LogP) is 3.21. The summed E-state index contributed by atoms with van der Waals surface area (Å²) in [5.41, 5.74) is 0. The SMILES string of the molecule is CNc1ncc(F)c(Oc2ccc(Br)cc2)n1. The lowest BCUT2D eigenvalue weighted by molar-refractivity contribution is 0.420. The minimum atomic E-state index is -0.605. The molecule has 0 radical (unpaired) electrons. The van der Waals surface area contributed by atoms with Gasteiger partial charge >= 0.3 is 0 Å². The molecule has 0 saturated carbocycles. The highest BCUT2D eigenvalue weighted by atomic mass is 79.9. The van der Waals surface area contributed by atoms with Gasteiger partial charge in [0.1, 0.15) is 5.75 Å². The van der Waals surface area contributed by atoms with Gasteiger partial charge in [-0.25, -0.2) is 4.98 Å². The molecule has 0 bridgehead atoms. The summed E-state index contributed by atoms with van der Waals surface area (Å²) >= 11 is 3.30. The first-order chi connectivity index (χ1) is 8.19. The second-order valence-corrected chi connectivity index (χ2v) is 4.07. The Morgan fingerprint density at radius 3 is 2.65 bits per heavy atom. The minimum Gasteiger partial charge on any atom is -0.436 e. The Morgan fingerprint density at radius 1 is 1.29 bits per heavy atom. The van der Waals surface area contributed by atoms with Crippen LogP contribution in [0.15, 0.2) is 34.9 Å². The molecular formula is C11H9BrFN3O. The number of aromatic nitrogens is 2. The molecule has 1 aromatic heterocycles. The van der Waals surface area contributed by atoms with Gasteiger partial charge in [0.2, 0.25) is 11.8 Å². The van der Waals surface area contributed by atoms with Crippen molar-refractivity contribution in [2.24, 2.45) is 0 Å². The van der Waals surface area contributed by atoms with E-state index in [0.717, 1.165) is 10.7 Å². The van der Waals surface area contributed by atoms with Gasteiger partial charge < -0.3 is 10.1 Å². The highest BCUT2D eigenvalue weighted by Gasteiger charge is 2.08. The molecule has 6 heteroatoms. The second kappa shape index (κ2) is 5.09. The van der Waals surface area contributed by atoms with E-state index in [1.54, 1.807) is 31.3 Å². The average molecular weight is 298 g/mol. The highest BCUT2D eigenvalue weighted by Crippen LogP contribution is 2.24. The monoisotopic (exact) mass is 297 g/mol. The van der Waals surface area contributed by atoms with E-state index in [4.69, 9.17) is 4.74 Å². The molecule has 2 rings (SSSR count). The van der Waals surface area contributed by atoms with E-state index in [2.05, 4.69) is 31.2 Å². The van der Waals surface area contributed by atoms with E-state index in [1.165, 1.54) is 0 Å². The molecule has 1 aromatic carbocycles. The quantitative estimate of drug-likeness (QED) is 0.945. The Labute approximate surface area is 106 Å². The maximum atomic E-state index is 13.4. The van der Waals surface area contributed by atoms with E-state index in [0.29, 0.717) is 11.7 Å². The Morgan fingerprint density at radius 2 is 2.00 bits per heavy atom. The lowest BCUT2D eigenvalue weighted by atomic mass is 10.3. The fourth-order valence-electron chi connectivity index (χ4n) is 1.16. The molecule has 1 N–H and O–H groups in total. The summed E-state index contributed by atoms with van der Waals surface area (Å²) in [5, 5.41) is 2.71. The first kappa shape index (κ1) is 11.8. The van der Waals surface area contributed by atoms with Crippen molar-refractivity contribution in [3.63, 3.8) is 0 Å². The van der Waals surface area contributed by atoms with Crippen LogP contribution >= 0.6 is 15.9 Å². The van der Waals surface area contributed by atoms with Gasteiger partial charge in [-0.1, -0.05) is 15.9 Å². The van der Waals surface area contributed by atoms with Crippen molar-refractivity contribution in [3.05, 3.63) is 40.8 Å². The maximum absolute atomic E-state index is 13.4. The molecular weight excluding hydrogens is 289 g/mol. The number of hydrogen-bond donors (Lipinski definition) is 1. The van der Waals surface area contributed by atoms with Crippen LogP contribution in [-0.2, 0) is 0 Å². The zero-order valence-corrected chi connectivity index (χ0v) is 10.5. The fraction of sp³-hybridized carbons (Fsp3) is 0.0909. The first-order valence-electron chi connectivity index (χ1n) is 4.83. The minimum absolute atomic E-state index is 0.105. The third-order valence-corrected chi connectivity index (χ3v) is 2.49.